The summed E-state index contributed by atoms with van der Waals surface area (Å²) in [6.07, 6.45) is 1.75. The van der Waals surface area contributed by atoms with E-state index in [4.69, 9.17) is 4.74 Å². The van der Waals surface area contributed by atoms with Crippen molar-refractivity contribution in [2.24, 2.45) is 5.92 Å². The van der Waals surface area contributed by atoms with Gasteiger partial charge in [0.25, 0.3) is 0 Å². The van der Waals surface area contributed by atoms with Crippen molar-refractivity contribution in [3.63, 3.8) is 0 Å². The van der Waals surface area contributed by atoms with Gasteiger partial charge in [0.2, 0.25) is 0 Å². The zero-order valence-electron chi connectivity index (χ0n) is 12.7. The Morgan fingerprint density at radius 2 is 1.73 bits per heavy atom. The number of likely N-dealkylation sites (tertiary alicyclic amines) is 1. The SMILES string of the molecule is O=C(c1ccccc1)C1CCCN(C(=O)N2CCOCC2)C1. The number of ketones is 1. The average Bonchev–Trinajstić information content (AvgIpc) is 2.62. The molecule has 118 valence electrons. The Morgan fingerprint density at radius 1 is 1.00 bits per heavy atom. The standard InChI is InChI=1S/C17H22N2O3/c20-16(14-5-2-1-3-6-14)15-7-4-8-19(13-15)17(21)18-9-11-22-12-10-18/h1-3,5-6,15H,4,7-13H2. The maximum absolute atomic E-state index is 12.6. The molecular weight excluding hydrogens is 280 g/mol. The highest BCUT2D eigenvalue weighted by atomic mass is 16.5. The minimum absolute atomic E-state index is 0.0499. The first-order chi connectivity index (χ1) is 10.8. The number of benzene rings is 1. The van der Waals surface area contributed by atoms with E-state index in [-0.39, 0.29) is 17.7 Å². The number of hydrogen-bond acceptors (Lipinski definition) is 3. The third-order valence-corrected chi connectivity index (χ3v) is 4.40. The molecule has 2 fully saturated rings. The Kier molecular flexibility index (Phi) is 4.73. The molecule has 2 heterocycles. The molecule has 5 nitrogen and oxygen atoms in total. The lowest BCUT2D eigenvalue weighted by atomic mass is 9.90. The Bertz CT molecular complexity index is 526. The molecule has 5 heteroatoms. The van der Waals surface area contributed by atoms with Crippen molar-refractivity contribution in [3.05, 3.63) is 35.9 Å². The molecule has 1 aromatic rings. The topological polar surface area (TPSA) is 49.9 Å². The monoisotopic (exact) mass is 302 g/mol. The molecule has 0 spiro atoms. The fraction of sp³-hybridized carbons (Fsp3) is 0.529. The van der Waals surface area contributed by atoms with Gasteiger partial charge in [-0.15, -0.1) is 0 Å². The summed E-state index contributed by atoms with van der Waals surface area (Å²) in [5.41, 5.74) is 0.744. The highest BCUT2D eigenvalue weighted by molar-refractivity contribution is 5.98. The second-order valence-corrected chi connectivity index (χ2v) is 5.90. The minimum Gasteiger partial charge on any atom is -0.378 e. The number of piperidine rings is 1. The van der Waals surface area contributed by atoms with Gasteiger partial charge in [0.15, 0.2) is 5.78 Å². The number of amides is 2. The summed E-state index contributed by atoms with van der Waals surface area (Å²) in [4.78, 5) is 28.8. The second-order valence-electron chi connectivity index (χ2n) is 5.90. The molecule has 22 heavy (non-hydrogen) atoms. The Morgan fingerprint density at radius 3 is 2.45 bits per heavy atom. The van der Waals surface area contributed by atoms with E-state index in [1.54, 1.807) is 0 Å². The lowest BCUT2D eigenvalue weighted by molar-refractivity contribution is 0.0388. The van der Waals surface area contributed by atoms with E-state index in [9.17, 15) is 9.59 Å². The van der Waals surface area contributed by atoms with Gasteiger partial charge in [-0.05, 0) is 12.8 Å². The normalized spacial score (nSPS) is 22.5. The van der Waals surface area contributed by atoms with Crippen LogP contribution in [0.3, 0.4) is 0 Å². The number of Topliss-reactive ketones (excluding diaryl/α,β-unsaturated/α-hetero) is 1. The molecule has 0 N–H and O–H groups in total. The fourth-order valence-electron chi connectivity index (χ4n) is 3.16. The van der Waals surface area contributed by atoms with Gasteiger partial charge in [-0.1, -0.05) is 30.3 Å². The van der Waals surface area contributed by atoms with Gasteiger partial charge < -0.3 is 14.5 Å². The zero-order valence-corrected chi connectivity index (χ0v) is 12.7. The lowest BCUT2D eigenvalue weighted by Crippen LogP contribution is -2.51. The molecule has 2 saturated heterocycles. The van der Waals surface area contributed by atoms with Crippen LogP contribution in [0, 0.1) is 5.92 Å². The molecule has 0 aliphatic carbocycles. The second kappa shape index (κ2) is 6.92. The molecule has 1 unspecified atom stereocenters. The van der Waals surface area contributed by atoms with Gasteiger partial charge in [-0.3, -0.25) is 4.79 Å². The number of urea groups is 1. The molecule has 1 aromatic carbocycles. The van der Waals surface area contributed by atoms with Crippen LogP contribution in [0.2, 0.25) is 0 Å². The van der Waals surface area contributed by atoms with Crippen LogP contribution in [0.1, 0.15) is 23.2 Å². The summed E-state index contributed by atoms with van der Waals surface area (Å²) in [6.45, 7) is 3.77. The molecule has 3 rings (SSSR count). The van der Waals surface area contributed by atoms with Crippen molar-refractivity contribution >= 4 is 11.8 Å². The summed E-state index contributed by atoms with van der Waals surface area (Å²) in [5, 5.41) is 0. The number of hydrogen-bond donors (Lipinski definition) is 0. The summed E-state index contributed by atoms with van der Waals surface area (Å²) in [5.74, 6) is 0.0706. The predicted molar refractivity (Wildman–Crippen MR) is 82.9 cm³/mol. The van der Waals surface area contributed by atoms with Crippen molar-refractivity contribution in [1.82, 2.24) is 9.80 Å². The summed E-state index contributed by atoms with van der Waals surface area (Å²) in [7, 11) is 0. The maximum atomic E-state index is 12.6. The molecule has 0 bridgehead atoms. The largest absolute Gasteiger partial charge is 0.378 e. The van der Waals surface area contributed by atoms with Gasteiger partial charge in [-0.2, -0.15) is 0 Å². The van der Waals surface area contributed by atoms with Crippen molar-refractivity contribution in [2.45, 2.75) is 12.8 Å². The zero-order chi connectivity index (χ0) is 15.4. The third-order valence-electron chi connectivity index (χ3n) is 4.40. The van der Waals surface area contributed by atoms with Crippen molar-refractivity contribution in [3.8, 4) is 0 Å². The van der Waals surface area contributed by atoms with Crippen LogP contribution in [0.25, 0.3) is 0 Å². The molecule has 0 radical (unpaired) electrons. The average molecular weight is 302 g/mol. The van der Waals surface area contributed by atoms with Gasteiger partial charge in [0, 0.05) is 37.7 Å². The number of ether oxygens (including phenoxy) is 1. The number of morpholine rings is 1. The molecule has 1 atom stereocenters. The highest BCUT2D eigenvalue weighted by Gasteiger charge is 2.31. The summed E-state index contributed by atoms with van der Waals surface area (Å²) < 4.78 is 5.29. The summed E-state index contributed by atoms with van der Waals surface area (Å²) >= 11 is 0. The smallest absolute Gasteiger partial charge is 0.320 e. The molecule has 2 aliphatic heterocycles. The number of carbonyl (C=O) groups excluding carboxylic acids is 2. The van der Waals surface area contributed by atoms with Crippen LogP contribution in [0.4, 0.5) is 4.79 Å². The van der Waals surface area contributed by atoms with E-state index in [1.165, 1.54) is 0 Å². The van der Waals surface area contributed by atoms with Crippen LogP contribution in [0.5, 0.6) is 0 Å². The van der Waals surface area contributed by atoms with Crippen LogP contribution in [-0.4, -0.2) is 61.0 Å². The van der Waals surface area contributed by atoms with Gasteiger partial charge in [0.05, 0.1) is 13.2 Å². The Hall–Kier alpha value is -1.88. The molecule has 0 saturated carbocycles. The van der Waals surface area contributed by atoms with Gasteiger partial charge in [-0.25, -0.2) is 4.79 Å². The van der Waals surface area contributed by atoms with Crippen molar-refractivity contribution in [2.75, 3.05) is 39.4 Å². The van der Waals surface area contributed by atoms with E-state index in [0.717, 1.165) is 24.9 Å². The first kappa shape index (κ1) is 15.0. The molecule has 2 aliphatic rings. The predicted octanol–water partition coefficient (Wildman–Crippen LogP) is 2.03. The fourth-order valence-corrected chi connectivity index (χ4v) is 3.16. The van der Waals surface area contributed by atoms with E-state index < -0.39 is 0 Å². The molecule has 2 amide bonds. The van der Waals surface area contributed by atoms with Gasteiger partial charge >= 0.3 is 6.03 Å². The van der Waals surface area contributed by atoms with E-state index in [1.807, 2.05) is 40.1 Å². The van der Waals surface area contributed by atoms with E-state index in [2.05, 4.69) is 0 Å². The number of nitrogens with zero attached hydrogens (tertiary/aromatic N) is 2. The van der Waals surface area contributed by atoms with Crippen molar-refractivity contribution in [1.29, 1.82) is 0 Å². The van der Waals surface area contributed by atoms with Crippen LogP contribution >= 0.6 is 0 Å². The number of carbonyl (C=O) groups is 2. The summed E-state index contributed by atoms with van der Waals surface area (Å²) in [6, 6.07) is 9.43. The van der Waals surface area contributed by atoms with Crippen LogP contribution in [0.15, 0.2) is 30.3 Å². The Balaban J connectivity index is 1.63. The van der Waals surface area contributed by atoms with E-state index >= 15 is 0 Å². The van der Waals surface area contributed by atoms with Crippen LogP contribution < -0.4 is 0 Å². The Labute approximate surface area is 130 Å². The first-order valence-corrected chi connectivity index (χ1v) is 7.96. The van der Waals surface area contributed by atoms with Gasteiger partial charge in [0.1, 0.15) is 0 Å². The van der Waals surface area contributed by atoms with E-state index in [0.29, 0.717) is 32.8 Å². The quantitative estimate of drug-likeness (QED) is 0.786. The van der Waals surface area contributed by atoms with Crippen LogP contribution in [-0.2, 0) is 4.74 Å². The molecule has 0 aromatic heterocycles. The van der Waals surface area contributed by atoms with Crippen molar-refractivity contribution < 1.29 is 14.3 Å². The third kappa shape index (κ3) is 3.30. The maximum Gasteiger partial charge on any atom is 0.320 e. The number of rotatable bonds is 2. The minimum atomic E-state index is -0.0823. The molecular formula is C17H22N2O3. The highest BCUT2D eigenvalue weighted by Crippen LogP contribution is 2.22. The lowest BCUT2D eigenvalue weighted by Gasteiger charge is -2.37. The first-order valence-electron chi connectivity index (χ1n) is 7.96.